The molecule has 2 heterocycles. The topological polar surface area (TPSA) is 12.5 Å². The average Bonchev–Trinajstić information content (AvgIpc) is 2.65. The van der Waals surface area contributed by atoms with E-state index in [4.69, 9.17) is 4.74 Å². The number of hydrogen-bond acceptors (Lipinski definition) is 3. The van der Waals surface area contributed by atoms with Crippen LogP contribution in [0.25, 0.3) is 0 Å². The molecule has 3 heteroatoms. The van der Waals surface area contributed by atoms with Gasteiger partial charge in [-0.25, -0.2) is 0 Å². The molecule has 106 valence electrons. The van der Waals surface area contributed by atoms with Crippen LogP contribution in [0.5, 0.6) is 0 Å². The molecule has 2 saturated heterocycles. The number of thiol groups is 1. The summed E-state index contributed by atoms with van der Waals surface area (Å²) in [4.78, 5) is 2.71. The zero-order valence-corrected chi connectivity index (χ0v) is 12.8. The third kappa shape index (κ3) is 3.88. The van der Waals surface area contributed by atoms with Crippen molar-refractivity contribution < 1.29 is 4.74 Å². The molecule has 2 fully saturated rings. The Morgan fingerprint density at radius 1 is 1.22 bits per heavy atom. The molecule has 0 N–H and O–H groups in total. The van der Waals surface area contributed by atoms with E-state index in [2.05, 4.69) is 24.5 Å². The number of rotatable bonds is 4. The van der Waals surface area contributed by atoms with Crippen LogP contribution >= 0.6 is 12.6 Å². The summed E-state index contributed by atoms with van der Waals surface area (Å²) in [5, 5.41) is 0. The molecule has 0 amide bonds. The van der Waals surface area contributed by atoms with E-state index in [0.29, 0.717) is 5.41 Å². The lowest BCUT2D eigenvalue weighted by Crippen LogP contribution is -2.43. The fourth-order valence-electron chi connectivity index (χ4n) is 3.44. The Labute approximate surface area is 118 Å². The van der Waals surface area contributed by atoms with Crippen LogP contribution in [0.2, 0.25) is 0 Å². The third-order valence-corrected chi connectivity index (χ3v) is 5.64. The first-order valence-corrected chi connectivity index (χ1v) is 8.32. The van der Waals surface area contributed by atoms with E-state index in [9.17, 15) is 0 Å². The lowest BCUT2D eigenvalue weighted by molar-refractivity contribution is 0.00809. The summed E-state index contributed by atoms with van der Waals surface area (Å²) in [6.07, 6.45) is 7.98. The molecule has 0 bridgehead atoms. The van der Waals surface area contributed by atoms with Crippen LogP contribution in [-0.2, 0) is 4.74 Å². The lowest BCUT2D eigenvalue weighted by Gasteiger charge is -2.40. The van der Waals surface area contributed by atoms with Crippen LogP contribution in [0, 0.1) is 11.3 Å². The second-order valence-electron chi connectivity index (χ2n) is 6.25. The Bertz CT molecular complexity index is 241. The first kappa shape index (κ1) is 14.7. The largest absolute Gasteiger partial charge is 0.381 e. The van der Waals surface area contributed by atoms with Crippen molar-refractivity contribution in [1.29, 1.82) is 0 Å². The second-order valence-corrected chi connectivity index (χ2v) is 6.57. The van der Waals surface area contributed by atoms with Crippen LogP contribution in [-0.4, -0.2) is 43.5 Å². The molecule has 18 heavy (non-hydrogen) atoms. The van der Waals surface area contributed by atoms with Crippen molar-refractivity contribution in [2.45, 2.75) is 45.4 Å². The zero-order valence-electron chi connectivity index (χ0n) is 11.9. The Morgan fingerprint density at radius 3 is 2.67 bits per heavy atom. The molecule has 0 aliphatic carbocycles. The Balaban J connectivity index is 1.87. The molecule has 0 aromatic rings. The number of nitrogens with zero attached hydrogens (tertiary/aromatic N) is 1. The number of ether oxygens (including phenoxy) is 1. The lowest BCUT2D eigenvalue weighted by atomic mass is 9.81. The molecule has 0 saturated carbocycles. The molecular weight excluding hydrogens is 242 g/mol. The quantitative estimate of drug-likeness (QED) is 0.788. The van der Waals surface area contributed by atoms with Crippen LogP contribution in [0.1, 0.15) is 45.4 Å². The smallest absolute Gasteiger partial charge is 0.0472 e. The van der Waals surface area contributed by atoms with Gasteiger partial charge in [-0.2, -0.15) is 12.6 Å². The highest BCUT2D eigenvalue weighted by atomic mass is 32.1. The minimum Gasteiger partial charge on any atom is -0.381 e. The Morgan fingerprint density at radius 2 is 2.00 bits per heavy atom. The van der Waals surface area contributed by atoms with Gasteiger partial charge < -0.3 is 9.64 Å². The van der Waals surface area contributed by atoms with Gasteiger partial charge in [-0.3, -0.25) is 0 Å². The normalized spacial score (nSPS) is 30.0. The molecule has 2 aliphatic rings. The van der Waals surface area contributed by atoms with Crippen molar-refractivity contribution in [2.24, 2.45) is 11.3 Å². The summed E-state index contributed by atoms with van der Waals surface area (Å²) in [5.41, 5.74) is 0.424. The predicted molar refractivity (Wildman–Crippen MR) is 80.4 cm³/mol. The van der Waals surface area contributed by atoms with Crippen molar-refractivity contribution in [3.8, 4) is 0 Å². The van der Waals surface area contributed by atoms with E-state index in [-0.39, 0.29) is 0 Å². The summed E-state index contributed by atoms with van der Waals surface area (Å²) in [6, 6.07) is 0. The summed E-state index contributed by atoms with van der Waals surface area (Å²) in [6.45, 7) is 8.06. The highest BCUT2D eigenvalue weighted by Gasteiger charge is 2.33. The van der Waals surface area contributed by atoms with Gasteiger partial charge in [-0.1, -0.05) is 13.3 Å². The first-order valence-electron chi connectivity index (χ1n) is 7.69. The van der Waals surface area contributed by atoms with Gasteiger partial charge in [0, 0.05) is 19.8 Å². The summed E-state index contributed by atoms with van der Waals surface area (Å²) < 4.78 is 5.52. The fraction of sp³-hybridized carbons (Fsp3) is 1.00. The molecule has 2 rings (SSSR count). The molecule has 0 aromatic heterocycles. The molecule has 2 aliphatic heterocycles. The molecule has 1 unspecified atom stereocenters. The first-order chi connectivity index (χ1) is 8.78. The van der Waals surface area contributed by atoms with Gasteiger partial charge in [0.15, 0.2) is 0 Å². The summed E-state index contributed by atoms with van der Waals surface area (Å²) in [7, 11) is 0. The standard InChI is InChI=1S/C15H29NOS/c1-2-14-4-3-8-16(9-5-14)12-15(13-18)6-10-17-11-7-15/h14,18H,2-13H2,1H3. The SMILES string of the molecule is CCC1CCCN(CC2(CS)CCOCC2)CC1. The molecule has 1 atom stereocenters. The van der Waals surface area contributed by atoms with Gasteiger partial charge in [0.2, 0.25) is 0 Å². The van der Waals surface area contributed by atoms with E-state index >= 15 is 0 Å². The van der Waals surface area contributed by atoms with Crippen LogP contribution < -0.4 is 0 Å². The third-order valence-electron chi connectivity index (χ3n) is 4.97. The van der Waals surface area contributed by atoms with Gasteiger partial charge in [0.25, 0.3) is 0 Å². The van der Waals surface area contributed by atoms with Crippen molar-refractivity contribution in [2.75, 3.05) is 38.6 Å². The van der Waals surface area contributed by atoms with E-state index < -0.39 is 0 Å². The highest BCUT2D eigenvalue weighted by Crippen LogP contribution is 2.33. The molecule has 0 aromatic carbocycles. The van der Waals surface area contributed by atoms with Gasteiger partial charge in [-0.15, -0.1) is 0 Å². The maximum absolute atomic E-state index is 5.52. The Kier molecular flexibility index (Phi) is 5.84. The van der Waals surface area contributed by atoms with Gasteiger partial charge >= 0.3 is 0 Å². The van der Waals surface area contributed by atoms with E-state index in [1.54, 1.807) is 0 Å². The molecule has 0 spiro atoms. The van der Waals surface area contributed by atoms with Crippen molar-refractivity contribution in [1.82, 2.24) is 4.90 Å². The summed E-state index contributed by atoms with van der Waals surface area (Å²) >= 11 is 4.63. The minimum absolute atomic E-state index is 0.424. The fourth-order valence-corrected chi connectivity index (χ4v) is 3.85. The van der Waals surface area contributed by atoms with Crippen LogP contribution in [0.15, 0.2) is 0 Å². The molecule has 2 nitrogen and oxygen atoms in total. The number of hydrogen-bond donors (Lipinski definition) is 1. The van der Waals surface area contributed by atoms with E-state index in [1.807, 2.05) is 0 Å². The number of likely N-dealkylation sites (tertiary alicyclic amines) is 1. The monoisotopic (exact) mass is 271 g/mol. The van der Waals surface area contributed by atoms with Gasteiger partial charge in [0.1, 0.15) is 0 Å². The van der Waals surface area contributed by atoms with E-state index in [0.717, 1.165) is 24.9 Å². The van der Waals surface area contributed by atoms with Crippen LogP contribution in [0.4, 0.5) is 0 Å². The zero-order chi connectivity index (χ0) is 12.8. The van der Waals surface area contributed by atoms with Crippen molar-refractivity contribution in [3.63, 3.8) is 0 Å². The van der Waals surface area contributed by atoms with Crippen molar-refractivity contribution in [3.05, 3.63) is 0 Å². The van der Waals surface area contributed by atoms with Crippen molar-refractivity contribution >= 4 is 12.6 Å². The maximum atomic E-state index is 5.52. The van der Waals surface area contributed by atoms with Crippen LogP contribution in [0.3, 0.4) is 0 Å². The maximum Gasteiger partial charge on any atom is 0.0472 e. The molecular formula is C15H29NOS. The Hall–Kier alpha value is 0.270. The minimum atomic E-state index is 0.424. The van der Waals surface area contributed by atoms with Gasteiger partial charge in [0.05, 0.1) is 0 Å². The highest BCUT2D eigenvalue weighted by molar-refractivity contribution is 7.80. The summed E-state index contributed by atoms with van der Waals surface area (Å²) in [5.74, 6) is 1.99. The molecule has 0 radical (unpaired) electrons. The predicted octanol–water partition coefficient (Wildman–Crippen LogP) is 3.23. The van der Waals surface area contributed by atoms with Gasteiger partial charge in [-0.05, 0) is 62.3 Å². The average molecular weight is 271 g/mol. The second kappa shape index (κ2) is 7.16. The van der Waals surface area contributed by atoms with E-state index in [1.165, 1.54) is 58.2 Å².